The van der Waals surface area contributed by atoms with Crippen LogP contribution < -0.4 is 9.16 Å². The molecule has 0 saturated heterocycles. The summed E-state index contributed by atoms with van der Waals surface area (Å²) in [4.78, 5) is 0. The smallest absolute Gasteiger partial charge is 0.274 e. The summed E-state index contributed by atoms with van der Waals surface area (Å²) in [6.45, 7) is 6.35. The predicted molar refractivity (Wildman–Crippen MR) is 73.3 cm³/mol. The topological polar surface area (TPSA) is 18.5 Å². The third kappa shape index (κ3) is 2.61. The Balaban J connectivity index is 2.62. The fraction of sp³-hybridized carbons (Fsp3) is 0.286. The number of methoxy groups -OCH3 is 1. The summed E-state index contributed by atoms with van der Waals surface area (Å²) < 4.78 is 11.2. The highest BCUT2D eigenvalue weighted by atomic mass is 28.3. The molecule has 89 valence electrons. The van der Waals surface area contributed by atoms with Crippen LogP contribution >= 0.6 is 0 Å². The minimum atomic E-state index is -0.767. The molecule has 0 amide bonds. The van der Waals surface area contributed by atoms with E-state index < -0.39 is 9.04 Å². The number of ether oxygens (including phenoxy) is 1. The normalized spacial score (nSPS) is 10.9. The van der Waals surface area contributed by atoms with Gasteiger partial charge < -0.3 is 9.16 Å². The second kappa shape index (κ2) is 4.80. The molecule has 0 unspecified atom stereocenters. The Morgan fingerprint density at radius 3 is 2.47 bits per heavy atom. The summed E-state index contributed by atoms with van der Waals surface area (Å²) in [6, 6.07) is 10.4. The van der Waals surface area contributed by atoms with Gasteiger partial charge in [0.25, 0.3) is 9.04 Å². The van der Waals surface area contributed by atoms with Crippen LogP contribution in [0.1, 0.15) is 5.56 Å². The lowest BCUT2D eigenvalue weighted by atomic mass is 10.1. The molecule has 3 heteroatoms. The number of fused-ring (bicyclic) bond motifs is 1. The van der Waals surface area contributed by atoms with Gasteiger partial charge in [-0.3, -0.25) is 0 Å². The van der Waals surface area contributed by atoms with E-state index in [1.165, 1.54) is 10.9 Å². The predicted octanol–water partition coefficient (Wildman–Crippen LogP) is 3.79. The largest absolute Gasteiger partial charge is 0.542 e. The first-order chi connectivity index (χ1) is 8.10. The van der Waals surface area contributed by atoms with Gasteiger partial charge in [-0.05, 0) is 31.5 Å². The molecule has 2 aromatic rings. The molecule has 0 aliphatic carbocycles. The average Bonchev–Trinajstić information content (AvgIpc) is 2.27. The van der Waals surface area contributed by atoms with Crippen molar-refractivity contribution in [3.8, 4) is 11.5 Å². The van der Waals surface area contributed by atoms with Gasteiger partial charge in [-0.15, -0.1) is 0 Å². The van der Waals surface area contributed by atoms with Crippen molar-refractivity contribution in [2.45, 2.75) is 20.0 Å². The van der Waals surface area contributed by atoms with E-state index in [1.54, 1.807) is 7.11 Å². The maximum absolute atomic E-state index is 5.93. The van der Waals surface area contributed by atoms with E-state index in [-0.39, 0.29) is 0 Å². The summed E-state index contributed by atoms with van der Waals surface area (Å²) >= 11 is 0. The van der Waals surface area contributed by atoms with Crippen LogP contribution in [0.5, 0.6) is 11.5 Å². The van der Waals surface area contributed by atoms with Crippen LogP contribution in [0.4, 0.5) is 0 Å². The van der Waals surface area contributed by atoms with Crippen molar-refractivity contribution in [1.29, 1.82) is 0 Å². The Morgan fingerprint density at radius 1 is 1.06 bits per heavy atom. The van der Waals surface area contributed by atoms with Crippen LogP contribution in [0.25, 0.3) is 10.8 Å². The molecule has 2 aromatic carbocycles. The van der Waals surface area contributed by atoms with E-state index in [4.69, 9.17) is 9.16 Å². The number of aryl methyl sites for hydroxylation is 1. The summed E-state index contributed by atoms with van der Waals surface area (Å²) in [5.41, 5.74) is 1.25. The van der Waals surface area contributed by atoms with Crippen LogP contribution in [0, 0.1) is 6.92 Å². The van der Waals surface area contributed by atoms with Gasteiger partial charge in [0.15, 0.2) is 0 Å². The van der Waals surface area contributed by atoms with Crippen molar-refractivity contribution < 1.29 is 9.16 Å². The standard InChI is InChI=1S/C14H17O2Si/c1-10-5-6-13-11(7-10)8-12(15-2)9-14(13)16-17(3)4/h5-9H,1-4H3. The Bertz CT molecular complexity index is 535. The molecule has 0 N–H and O–H groups in total. The van der Waals surface area contributed by atoms with Gasteiger partial charge in [0.2, 0.25) is 0 Å². The van der Waals surface area contributed by atoms with E-state index in [0.29, 0.717) is 0 Å². The van der Waals surface area contributed by atoms with Crippen molar-refractivity contribution in [1.82, 2.24) is 0 Å². The summed E-state index contributed by atoms with van der Waals surface area (Å²) in [6.07, 6.45) is 0. The van der Waals surface area contributed by atoms with Crippen LogP contribution in [-0.2, 0) is 0 Å². The highest BCUT2D eigenvalue weighted by Gasteiger charge is 2.08. The Labute approximate surface area is 104 Å². The molecule has 0 bridgehead atoms. The van der Waals surface area contributed by atoms with Crippen molar-refractivity contribution in [3.05, 3.63) is 35.9 Å². The quantitative estimate of drug-likeness (QED) is 0.766. The second-order valence-corrected chi connectivity index (χ2v) is 6.38. The van der Waals surface area contributed by atoms with Crippen molar-refractivity contribution in [2.24, 2.45) is 0 Å². The Morgan fingerprint density at radius 2 is 1.82 bits per heavy atom. The molecule has 0 aliphatic heterocycles. The molecule has 0 saturated carbocycles. The molecule has 2 rings (SSSR count). The van der Waals surface area contributed by atoms with Gasteiger partial charge in [-0.25, -0.2) is 0 Å². The number of hydrogen-bond donors (Lipinski definition) is 0. The Hall–Kier alpha value is -1.48. The minimum Gasteiger partial charge on any atom is -0.542 e. The van der Waals surface area contributed by atoms with Crippen molar-refractivity contribution >= 4 is 19.8 Å². The van der Waals surface area contributed by atoms with Crippen LogP contribution in [-0.4, -0.2) is 16.2 Å². The van der Waals surface area contributed by atoms with Gasteiger partial charge >= 0.3 is 0 Å². The first kappa shape index (κ1) is 12.0. The van der Waals surface area contributed by atoms with Crippen LogP contribution in [0.15, 0.2) is 30.3 Å². The zero-order chi connectivity index (χ0) is 12.4. The molecule has 0 aromatic heterocycles. The number of rotatable bonds is 3. The molecule has 0 aliphatic rings. The monoisotopic (exact) mass is 245 g/mol. The van der Waals surface area contributed by atoms with Crippen LogP contribution in [0.3, 0.4) is 0 Å². The van der Waals surface area contributed by atoms with E-state index >= 15 is 0 Å². The lowest BCUT2D eigenvalue weighted by Gasteiger charge is -2.13. The second-order valence-electron chi connectivity index (χ2n) is 4.36. The third-order valence-corrected chi connectivity index (χ3v) is 3.22. The van der Waals surface area contributed by atoms with Crippen molar-refractivity contribution in [3.63, 3.8) is 0 Å². The van der Waals surface area contributed by atoms with E-state index in [0.717, 1.165) is 16.9 Å². The maximum Gasteiger partial charge on any atom is 0.274 e. The summed E-state index contributed by atoms with van der Waals surface area (Å²) in [5, 5.41) is 2.32. The third-order valence-electron chi connectivity index (χ3n) is 2.59. The van der Waals surface area contributed by atoms with Crippen molar-refractivity contribution in [2.75, 3.05) is 7.11 Å². The number of benzene rings is 2. The molecule has 2 nitrogen and oxygen atoms in total. The van der Waals surface area contributed by atoms with Gasteiger partial charge in [0.05, 0.1) is 7.11 Å². The lowest BCUT2D eigenvalue weighted by molar-refractivity contribution is 0.413. The lowest BCUT2D eigenvalue weighted by Crippen LogP contribution is -2.11. The summed E-state index contributed by atoms with van der Waals surface area (Å²) in [5.74, 6) is 1.78. The SMILES string of the molecule is COc1cc(O[Si](C)C)c2ccc(C)cc2c1. The molecular formula is C14H17O2Si. The molecular weight excluding hydrogens is 228 g/mol. The highest BCUT2D eigenvalue weighted by molar-refractivity contribution is 6.49. The fourth-order valence-corrected chi connectivity index (χ4v) is 2.46. The van der Waals surface area contributed by atoms with E-state index in [1.807, 2.05) is 12.1 Å². The highest BCUT2D eigenvalue weighted by Crippen LogP contribution is 2.32. The van der Waals surface area contributed by atoms with E-state index in [2.05, 4.69) is 38.2 Å². The molecule has 0 fully saturated rings. The Kier molecular flexibility index (Phi) is 3.38. The first-order valence-corrected chi connectivity index (χ1v) is 8.07. The molecule has 0 atom stereocenters. The van der Waals surface area contributed by atoms with Gasteiger partial charge in [0.1, 0.15) is 11.5 Å². The fourth-order valence-electron chi connectivity index (χ4n) is 1.85. The van der Waals surface area contributed by atoms with Gasteiger partial charge in [-0.1, -0.05) is 23.8 Å². The zero-order valence-corrected chi connectivity index (χ0v) is 11.7. The maximum atomic E-state index is 5.93. The van der Waals surface area contributed by atoms with Gasteiger partial charge in [-0.2, -0.15) is 0 Å². The minimum absolute atomic E-state index is 0.767. The molecule has 0 spiro atoms. The molecule has 1 radical (unpaired) electrons. The van der Waals surface area contributed by atoms with E-state index in [9.17, 15) is 0 Å². The molecule has 17 heavy (non-hydrogen) atoms. The molecule has 0 heterocycles. The first-order valence-electron chi connectivity index (χ1n) is 5.66. The zero-order valence-electron chi connectivity index (χ0n) is 10.7. The average molecular weight is 245 g/mol. The summed E-state index contributed by atoms with van der Waals surface area (Å²) in [7, 11) is 0.918. The van der Waals surface area contributed by atoms with Crippen LogP contribution in [0.2, 0.25) is 13.1 Å². The number of hydrogen-bond acceptors (Lipinski definition) is 2. The van der Waals surface area contributed by atoms with Gasteiger partial charge in [0, 0.05) is 11.5 Å².